The molecule has 6 nitrogen and oxygen atoms in total. The molecule has 1 saturated heterocycles. The van der Waals surface area contributed by atoms with Gasteiger partial charge in [-0.05, 0) is 67.3 Å². The predicted octanol–water partition coefficient (Wildman–Crippen LogP) is 8.61. The maximum absolute atomic E-state index is 13.8. The highest BCUT2D eigenvalue weighted by molar-refractivity contribution is 8.00. The van der Waals surface area contributed by atoms with Crippen LogP contribution in [-0.4, -0.2) is 71.9 Å². The Kier molecular flexibility index (Phi) is 11.3. The van der Waals surface area contributed by atoms with E-state index in [1.165, 1.54) is 16.7 Å². The molecule has 5 aromatic rings. The molecule has 0 aromatic heterocycles. The van der Waals surface area contributed by atoms with Gasteiger partial charge in [-0.1, -0.05) is 127 Å². The Balaban J connectivity index is 1.25. The van der Waals surface area contributed by atoms with Crippen LogP contribution in [-0.2, 0) is 9.48 Å². The topological polar surface area (TPSA) is 61.9 Å². The molecule has 0 bridgehead atoms. The summed E-state index contributed by atoms with van der Waals surface area (Å²) < 4.78 is 5.25. The van der Waals surface area contributed by atoms with Crippen LogP contribution >= 0.6 is 11.8 Å². The number of benzene rings is 5. The van der Waals surface area contributed by atoms with Gasteiger partial charge in [0.05, 0.1) is 10.8 Å². The second kappa shape index (κ2) is 16.0. The third-order valence-electron chi connectivity index (χ3n) is 9.14. The van der Waals surface area contributed by atoms with Gasteiger partial charge in [0.1, 0.15) is 5.60 Å². The maximum atomic E-state index is 13.8. The summed E-state index contributed by atoms with van der Waals surface area (Å²) in [7, 11) is 0. The van der Waals surface area contributed by atoms with Crippen molar-refractivity contribution in [1.82, 2.24) is 15.1 Å². The number of ether oxygens (including phenoxy) is 1. The predicted molar refractivity (Wildman–Crippen MR) is 206 cm³/mol. The lowest BCUT2D eigenvalue weighted by atomic mass is 9.84. The summed E-state index contributed by atoms with van der Waals surface area (Å²) in [5.41, 5.74) is 3.66. The van der Waals surface area contributed by atoms with E-state index >= 15 is 0 Å². The standard InChI is InChI=1S/C43H47N3O3S/c1-42(2,3)49-41(48)44-37(31-45-27-16-28-46(30-29-45)40(47)39-26-15-18-33-17-13-14-25-38(33)39)32-50-43(34-19-7-4-8-20-34,35-21-9-5-10-22-35)36-23-11-6-12-24-36/h4-15,17-26,37H,16,27-32H2,1-3H3,(H,44,48). The molecule has 258 valence electrons. The van der Waals surface area contributed by atoms with E-state index in [0.29, 0.717) is 25.4 Å². The molecule has 1 fully saturated rings. The minimum absolute atomic E-state index is 0.0704. The van der Waals surface area contributed by atoms with Crippen molar-refractivity contribution in [2.24, 2.45) is 0 Å². The maximum Gasteiger partial charge on any atom is 0.407 e. The zero-order chi connectivity index (χ0) is 35.0. The fourth-order valence-electron chi connectivity index (χ4n) is 6.86. The molecule has 1 aliphatic rings. The van der Waals surface area contributed by atoms with E-state index < -0.39 is 16.4 Å². The lowest BCUT2D eigenvalue weighted by molar-refractivity contribution is 0.0499. The van der Waals surface area contributed by atoms with E-state index in [4.69, 9.17) is 4.74 Å². The molecule has 50 heavy (non-hydrogen) atoms. The van der Waals surface area contributed by atoms with Gasteiger partial charge in [-0.25, -0.2) is 4.79 Å². The van der Waals surface area contributed by atoms with Crippen molar-refractivity contribution in [1.29, 1.82) is 0 Å². The van der Waals surface area contributed by atoms with Gasteiger partial charge in [-0.3, -0.25) is 9.69 Å². The first-order valence-electron chi connectivity index (χ1n) is 17.5. The van der Waals surface area contributed by atoms with Gasteiger partial charge in [0.2, 0.25) is 0 Å². The molecule has 6 rings (SSSR count). The van der Waals surface area contributed by atoms with Gasteiger partial charge in [-0.15, -0.1) is 11.8 Å². The first-order valence-corrected chi connectivity index (χ1v) is 18.5. The van der Waals surface area contributed by atoms with Crippen molar-refractivity contribution in [3.8, 4) is 0 Å². The van der Waals surface area contributed by atoms with Gasteiger partial charge >= 0.3 is 6.09 Å². The van der Waals surface area contributed by atoms with Gasteiger partial charge in [0.15, 0.2) is 0 Å². The SMILES string of the molecule is CC(C)(C)OC(=O)NC(CSC(c1ccccc1)(c1ccccc1)c1ccccc1)CN1CCCN(C(=O)c2cccc3ccccc23)CC1. The number of rotatable bonds is 10. The fourth-order valence-corrected chi connectivity index (χ4v) is 8.41. The largest absolute Gasteiger partial charge is 0.444 e. The average Bonchev–Trinajstić information content (AvgIpc) is 3.37. The first-order chi connectivity index (χ1) is 24.2. The first kappa shape index (κ1) is 35.2. The molecule has 0 aliphatic carbocycles. The van der Waals surface area contributed by atoms with E-state index in [1.54, 1.807) is 0 Å². The van der Waals surface area contributed by atoms with Gasteiger partial charge in [0, 0.05) is 37.5 Å². The van der Waals surface area contributed by atoms with Crippen LogP contribution in [0.5, 0.6) is 0 Å². The molecule has 1 heterocycles. The van der Waals surface area contributed by atoms with Crippen LogP contribution in [0, 0.1) is 0 Å². The number of carbonyl (C=O) groups excluding carboxylic acids is 2. The van der Waals surface area contributed by atoms with E-state index in [1.807, 2.05) is 79.9 Å². The molecule has 1 N–H and O–H groups in total. The number of nitrogens with one attached hydrogen (secondary N) is 1. The molecule has 1 unspecified atom stereocenters. The molecular weight excluding hydrogens is 639 g/mol. The van der Waals surface area contributed by atoms with Crippen LogP contribution < -0.4 is 5.32 Å². The monoisotopic (exact) mass is 685 g/mol. The van der Waals surface area contributed by atoms with Crippen molar-refractivity contribution in [2.45, 2.75) is 43.6 Å². The van der Waals surface area contributed by atoms with Crippen molar-refractivity contribution in [3.05, 3.63) is 156 Å². The second-order valence-electron chi connectivity index (χ2n) is 13.9. The molecule has 1 aliphatic heterocycles. The van der Waals surface area contributed by atoms with Crippen molar-refractivity contribution in [2.75, 3.05) is 38.5 Å². The lowest BCUT2D eigenvalue weighted by Crippen LogP contribution is -2.48. The number of fused-ring (bicyclic) bond motifs is 1. The third-order valence-corrected chi connectivity index (χ3v) is 10.8. The van der Waals surface area contributed by atoms with Crippen LogP contribution in [0.3, 0.4) is 0 Å². The van der Waals surface area contributed by atoms with Crippen molar-refractivity contribution in [3.63, 3.8) is 0 Å². The highest BCUT2D eigenvalue weighted by Crippen LogP contribution is 2.48. The van der Waals surface area contributed by atoms with Crippen LogP contribution in [0.2, 0.25) is 0 Å². The molecule has 1 atom stereocenters. The minimum Gasteiger partial charge on any atom is -0.444 e. The highest BCUT2D eigenvalue weighted by atomic mass is 32.2. The Bertz CT molecular complexity index is 1760. The van der Waals surface area contributed by atoms with Crippen LogP contribution in [0.4, 0.5) is 4.79 Å². The second-order valence-corrected chi connectivity index (χ2v) is 15.1. The Morgan fingerprint density at radius 3 is 1.86 bits per heavy atom. The summed E-state index contributed by atoms with van der Waals surface area (Å²) >= 11 is 1.83. The molecule has 0 saturated carbocycles. The lowest BCUT2D eigenvalue weighted by Gasteiger charge is -2.37. The Morgan fingerprint density at radius 1 is 0.700 bits per heavy atom. The normalized spacial score (nSPS) is 14.9. The highest BCUT2D eigenvalue weighted by Gasteiger charge is 2.38. The van der Waals surface area contributed by atoms with Crippen molar-refractivity contribution < 1.29 is 14.3 Å². The molecule has 0 spiro atoms. The van der Waals surface area contributed by atoms with E-state index in [0.717, 1.165) is 35.8 Å². The van der Waals surface area contributed by atoms with Gasteiger partial charge in [0.25, 0.3) is 5.91 Å². The smallest absolute Gasteiger partial charge is 0.407 e. The van der Waals surface area contributed by atoms with Crippen LogP contribution in [0.1, 0.15) is 54.2 Å². The van der Waals surface area contributed by atoms with Crippen LogP contribution in [0.15, 0.2) is 133 Å². The number of hydrogen-bond acceptors (Lipinski definition) is 5. The average molecular weight is 686 g/mol. The quantitative estimate of drug-likeness (QED) is 0.149. The number of nitrogens with zero attached hydrogens (tertiary/aromatic N) is 2. The molecule has 0 radical (unpaired) electrons. The third kappa shape index (κ3) is 8.40. The number of carbonyl (C=O) groups is 2. The number of thioether (sulfide) groups is 1. The van der Waals surface area contributed by atoms with Crippen LogP contribution in [0.25, 0.3) is 10.8 Å². The summed E-state index contributed by atoms with van der Waals surface area (Å²) in [6, 6.07) is 45.7. The Labute approximate surface area is 300 Å². The number of hydrogen-bond donors (Lipinski definition) is 1. The summed E-state index contributed by atoms with van der Waals surface area (Å²) in [6.45, 7) is 9.16. The molecule has 7 heteroatoms. The molecular formula is C43H47N3O3S. The summed E-state index contributed by atoms with van der Waals surface area (Å²) in [5, 5.41) is 5.30. The van der Waals surface area contributed by atoms with Crippen molar-refractivity contribution >= 4 is 34.5 Å². The van der Waals surface area contributed by atoms with E-state index in [2.05, 4.69) is 101 Å². The molecule has 2 amide bonds. The summed E-state index contributed by atoms with van der Waals surface area (Å²) in [5.74, 6) is 0.702. The van der Waals surface area contributed by atoms with E-state index in [-0.39, 0.29) is 11.9 Å². The number of alkyl carbamates (subject to hydrolysis) is 1. The Morgan fingerprint density at radius 2 is 1.26 bits per heavy atom. The van der Waals surface area contributed by atoms with E-state index in [9.17, 15) is 9.59 Å². The van der Waals surface area contributed by atoms with Gasteiger partial charge < -0.3 is 15.0 Å². The zero-order valence-electron chi connectivity index (χ0n) is 29.3. The number of amides is 2. The zero-order valence-corrected chi connectivity index (χ0v) is 30.1. The molecule has 5 aromatic carbocycles. The Hall–Kier alpha value is -4.59. The summed E-state index contributed by atoms with van der Waals surface area (Å²) in [6.07, 6.45) is 0.431. The fraction of sp³-hybridized carbons (Fsp3) is 0.302. The minimum atomic E-state index is -0.616. The summed E-state index contributed by atoms with van der Waals surface area (Å²) in [4.78, 5) is 31.5. The van der Waals surface area contributed by atoms with Gasteiger partial charge in [-0.2, -0.15) is 0 Å².